The van der Waals surface area contributed by atoms with Crippen LogP contribution < -0.4 is 20.7 Å². The predicted octanol–water partition coefficient (Wildman–Crippen LogP) is 3.73. The standard InChI is InChI=1S/C22H23F3N6O3S/c1-14-3-5-16(6-4-14)29-19-13-15(2)28-21(31-19)26-11-12-27-35(33,34)18-9-7-17(8-10-18)30-20(32)22(23,24)25/h3-10,13,27H,11-12H2,1-2H3,(H,30,32)(H2,26,28,29,31). The van der Waals surface area contributed by atoms with Crippen LogP contribution in [0.2, 0.25) is 0 Å². The summed E-state index contributed by atoms with van der Waals surface area (Å²) in [5.74, 6) is -1.27. The number of nitrogens with one attached hydrogen (secondary N) is 4. The molecule has 186 valence electrons. The van der Waals surface area contributed by atoms with Crippen LogP contribution in [0, 0.1) is 13.8 Å². The number of hydrogen-bond donors (Lipinski definition) is 4. The van der Waals surface area contributed by atoms with Crippen molar-refractivity contribution in [3.05, 3.63) is 65.9 Å². The molecule has 13 heteroatoms. The molecule has 3 aromatic rings. The van der Waals surface area contributed by atoms with Gasteiger partial charge in [-0.2, -0.15) is 18.2 Å². The molecular formula is C22H23F3N6O3S. The lowest BCUT2D eigenvalue weighted by atomic mass is 10.2. The summed E-state index contributed by atoms with van der Waals surface area (Å²) in [5.41, 5.74) is 2.51. The number of carbonyl (C=O) groups excluding carboxylic acids is 1. The number of nitrogens with zero attached hydrogens (tertiary/aromatic N) is 2. The molecule has 0 saturated carbocycles. The highest BCUT2D eigenvalue weighted by atomic mass is 32.2. The lowest BCUT2D eigenvalue weighted by Crippen LogP contribution is -2.30. The third kappa shape index (κ3) is 7.65. The zero-order valence-electron chi connectivity index (χ0n) is 18.8. The molecule has 0 spiro atoms. The molecule has 4 N–H and O–H groups in total. The fourth-order valence-corrected chi connectivity index (χ4v) is 3.89. The third-order valence-electron chi connectivity index (χ3n) is 4.56. The van der Waals surface area contributed by atoms with Crippen molar-refractivity contribution in [2.75, 3.05) is 29.0 Å². The number of anilines is 4. The maximum absolute atomic E-state index is 12.4. The first-order valence-electron chi connectivity index (χ1n) is 10.3. The molecule has 1 heterocycles. The molecule has 1 aromatic heterocycles. The number of sulfonamides is 1. The molecule has 0 radical (unpaired) electrons. The Balaban J connectivity index is 1.54. The summed E-state index contributed by atoms with van der Waals surface area (Å²) in [4.78, 5) is 19.4. The van der Waals surface area contributed by atoms with E-state index < -0.39 is 22.1 Å². The molecule has 0 saturated heterocycles. The van der Waals surface area contributed by atoms with Crippen LogP contribution >= 0.6 is 0 Å². The van der Waals surface area contributed by atoms with Gasteiger partial charge in [-0.25, -0.2) is 18.1 Å². The van der Waals surface area contributed by atoms with Gasteiger partial charge in [0.05, 0.1) is 4.90 Å². The van der Waals surface area contributed by atoms with Crippen molar-refractivity contribution in [2.45, 2.75) is 24.9 Å². The van der Waals surface area contributed by atoms with E-state index in [1.54, 1.807) is 18.3 Å². The van der Waals surface area contributed by atoms with Crippen LogP contribution in [-0.4, -0.2) is 43.6 Å². The van der Waals surface area contributed by atoms with Gasteiger partial charge in [0, 0.05) is 36.2 Å². The summed E-state index contributed by atoms with van der Waals surface area (Å²) < 4.78 is 64.2. The highest BCUT2D eigenvalue weighted by molar-refractivity contribution is 7.89. The molecule has 0 bridgehead atoms. The van der Waals surface area contributed by atoms with E-state index >= 15 is 0 Å². The second-order valence-corrected chi connectivity index (χ2v) is 9.28. The first-order chi connectivity index (χ1) is 16.4. The lowest BCUT2D eigenvalue weighted by Gasteiger charge is -2.11. The van der Waals surface area contributed by atoms with Crippen LogP contribution in [0.1, 0.15) is 11.3 Å². The van der Waals surface area contributed by atoms with E-state index in [1.165, 1.54) is 0 Å². The van der Waals surface area contributed by atoms with Gasteiger partial charge in [0.25, 0.3) is 0 Å². The van der Waals surface area contributed by atoms with Gasteiger partial charge in [-0.05, 0) is 50.2 Å². The Bertz CT molecular complexity index is 1280. The van der Waals surface area contributed by atoms with Gasteiger partial charge in [-0.15, -0.1) is 0 Å². The highest BCUT2D eigenvalue weighted by Crippen LogP contribution is 2.20. The first kappa shape index (κ1) is 25.9. The molecule has 9 nitrogen and oxygen atoms in total. The second-order valence-electron chi connectivity index (χ2n) is 7.51. The zero-order valence-corrected chi connectivity index (χ0v) is 19.6. The van der Waals surface area contributed by atoms with Crippen molar-refractivity contribution < 1.29 is 26.4 Å². The predicted molar refractivity (Wildman–Crippen MR) is 126 cm³/mol. The van der Waals surface area contributed by atoms with Gasteiger partial charge in [0.2, 0.25) is 16.0 Å². The smallest absolute Gasteiger partial charge is 0.353 e. The summed E-state index contributed by atoms with van der Waals surface area (Å²) in [6.07, 6.45) is -5.04. The van der Waals surface area contributed by atoms with Crippen LogP contribution in [0.5, 0.6) is 0 Å². The molecule has 1 amide bonds. The number of aromatic nitrogens is 2. The van der Waals surface area contributed by atoms with E-state index in [-0.39, 0.29) is 23.7 Å². The molecule has 0 fully saturated rings. The van der Waals surface area contributed by atoms with Gasteiger partial charge in [0.15, 0.2) is 0 Å². The average molecular weight is 509 g/mol. The van der Waals surface area contributed by atoms with Crippen LogP contribution in [0.4, 0.5) is 36.3 Å². The van der Waals surface area contributed by atoms with Crippen molar-refractivity contribution in [1.82, 2.24) is 14.7 Å². The molecule has 35 heavy (non-hydrogen) atoms. The number of carbonyl (C=O) groups is 1. The number of halogens is 3. The minimum atomic E-state index is -5.04. The first-order valence-corrected chi connectivity index (χ1v) is 11.8. The molecule has 0 atom stereocenters. The van der Waals surface area contributed by atoms with E-state index in [4.69, 9.17) is 0 Å². The van der Waals surface area contributed by atoms with E-state index in [0.717, 1.165) is 35.5 Å². The Morgan fingerprint density at radius 3 is 2.17 bits per heavy atom. The topological polar surface area (TPSA) is 125 Å². The molecule has 2 aromatic carbocycles. The molecule has 0 aliphatic rings. The van der Waals surface area contributed by atoms with Crippen molar-refractivity contribution in [3.8, 4) is 0 Å². The normalized spacial score (nSPS) is 11.7. The quantitative estimate of drug-likeness (QED) is 0.325. The Hall–Kier alpha value is -3.71. The second kappa shape index (κ2) is 10.7. The van der Waals surface area contributed by atoms with E-state index in [9.17, 15) is 26.4 Å². The summed E-state index contributed by atoms with van der Waals surface area (Å²) in [6.45, 7) is 3.96. The SMILES string of the molecule is Cc1ccc(Nc2cc(C)nc(NCCNS(=O)(=O)c3ccc(NC(=O)C(F)(F)F)cc3)n2)cc1. The monoisotopic (exact) mass is 508 g/mol. The Morgan fingerprint density at radius 2 is 1.54 bits per heavy atom. The van der Waals surface area contributed by atoms with Gasteiger partial charge in [-0.1, -0.05) is 17.7 Å². The largest absolute Gasteiger partial charge is 0.471 e. The zero-order chi connectivity index (χ0) is 25.6. The molecular weight excluding hydrogens is 485 g/mol. The lowest BCUT2D eigenvalue weighted by molar-refractivity contribution is -0.167. The fourth-order valence-electron chi connectivity index (χ4n) is 2.86. The van der Waals surface area contributed by atoms with Crippen molar-refractivity contribution in [2.24, 2.45) is 0 Å². The molecule has 0 aliphatic carbocycles. The van der Waals surface area contributed by atoms with Gasteiger partial charge >= 0.3 is 12.1 Å². The summed E-state index contributed by atoms with van der Waals surface area (Å²) in [5, 5.41) is 7.78. The number of alkyl halides is 3. The van der Waals surface area contributed by atoms with Crippen LogP contribution in [0.15, 0.2) is 59.5 Å². The van der Waals surface area contributed by atoms with Crippen LogP contribution in [-0.2, 0) is 14.8 Å². The summed E-state index contributed by atoms with van der Waals surface area (Å²) in [6, 6.07) is 13.9. The summed E-state index contributed by atoms with van der Waals surface area (Å²) in [7, 11) is -3.93. The Labute approximate surface area is 200 Å². The maximum Gasteiger partial charge on any atom is 0.471 e. The molecule has 0 unspecified atom stereocenters. The molecule has 0 aliphatic heterocycles. The van der Waals surface area contributed by atoms with E-state index in [2.05, 4.69) is 25.3 Å². The number of rotatable bonds is 9. The Kier molecular flexibility index (Phi) is 7.92. The summed E-state index contributed by atoms with van der Waals surface area (Å²) >= 11 is 0. The van der Waals surface area contributed by atoms with Gasteiger partial charge in [-0.3, -0.25) is 4.79 Å². The van der Waals surface area contributed by atoms with Crippen LogP contribution in [0.3, 0.4) is 0 Å². The number of amides is 1. The minimum Gasteiger partial charge on any atom is -0.353 e. The van der Waals surface area contributed by atoms with Crippen molar-refractivity contribution >= 4 is 39.1 Å². The third-order valence-corrected chi connectivity index (χ3v) is 6.04. The van der Waals surface area contributed by atoms with Crippen molar-refractivity contribution in [1.29, 1.82) is 0 Å². The van der Waals surface area contributed by atoms with Gasteiger partial charge < -0.3 is 16.0 Å². The van der Waals surface area contributed by atoms with Crippen molar-refractivity contribution in [3.63, 3.8) is 0 Å². The van der Waals surface area contributed by atoms with Crippen LogP contribution in [0.25, 0.3) is 0 Å². The minimum absolute atomic E-state index is 0.00702. The van der Waals surface area contributed by atoms with Gasteiger partial charge in [0.1, 0.15) is 5.82 Å². The number of hydrogen-bond acceptors (Lipinski definition) is 7. The maximum atomic E-state index is 12.4. The average Bonchev–Trinajstić information content (AvgIpc) is 2.78. The van der Waals surface area contributed by atoms with E-state index in [0.29, 0.717) is 17.5 Å². The number of benzene rings is 2. The Morgan fingerprint density at radius 1 is 0.914 bits per heavy atom. The molecule has 3 rings (SSSR count). The van der Waals surface area contributed by atoms with E-state index in [1.807, 2.05) is 31.2 Å². The fraction of sp³-hybridized carbons (Fsp3) is 0.227. The number of aryl methyl sites for hydroxylation is 2. The highest BCUT2D eigenvalue weighted by Gasteiger charge is 2.38.